The fourth-order valence-electron chi connectivity index (χ4n) is 5.11. The normalized spacial score (nSPS) is 14.3. The van der Waals surface area contributed by atoms with Gasteiger partial charge in [0.25, 0.3) is 10.1 Å². The highest BCUT2D eigenvalue weighted by atomic mass is 32.2. The average molecular weight is 578 g/mol. The van der Waals surface area contributed by atoms with Crippen molar-refractivity contribution >= 4 is 16.0 Å². The number of carbonyl (C=O) groups excluding carboxylic acids is 1. The van der Waals surface area contributed by atoms with Gasteiger partial charge in [0.15, 0.2) is 0 Å². The Bertz CT molecular complexity index is 657. The van der Waals surface area contributed by atoms with Gasteiger partial charge < -0.3 is 15.5 Å². The van der Waals surface area contributed by atoms with Crippen LogP contribution in [0.15, 0.2) is 0 Å². The first-order chi connectivity index (χ1) is 18.7. The Morgan fingerprint density at radius 2 is 0.923 bits per heavy atom. The molecule has 3 unspecified atom stereocenters. The van der Waals surface area contributed by atoms with E-state index in [0.717, 1.165) is 51.4 Å². The van der Waals surface area contributed by atoms with E-state index in [0.29, 0.717) is 12.8 Å². The molecule has 0 aliphatic carbocycles. The van der Waals surface area contributed by atoms with Crippen molar-refractivity contribution in [1.29, 1.82) is 0 Å². The van der Waals surface area contributed by atoms with Crippen LogP contribution in [0.4, 0.5) is 0 Å². The third-order valence-electron chi connectivity index (χ3n) is 7.67. The average Bonchev–Trinajstić information content (AvgIpc) is 2.88. The molecule has 0 spiro atoms. The quantitative estimate of drug-likeness (QED) is 0.0539. The molecule has 0 aromatic rings. The maximum atomic E-state index is 12.5. The molecule has 0 heterocycles. The number of unbranched alkanes of at least 4 members (excludes halogenated alkanes) is 20. The van der Waals surface area contributed by atoms with Gasteiger partial charge in [0, 0.05) is 0 Å². The molecule has 7 nitrogen and oxygen atoms in total. The van der Waals surface area contributed by atoms with E-state index in [-0.39, 0.29) is 0 Å². The van der Waals surface area contributed by atoms with Crippen molar-refractivity contribution in [3.05, 3.63) is 0 Å². The second-order valence-corrected chi connectivity index (χ2v) is 13.1. The maximum absolute atomic E-state index is 12.5. The van der Waals surface area contributed by atoms with Crippen molar-refractivity contribution < 1.29 is 28.0 Å². The van der Waals surface area contributed by atoms with Crippen LogP contribution in [0.5, 0.6) is 0 Å². The first-order valence-corrected chi connectivity index (χ1v) is 17.9. The molecule has 0 bridgehead atoms. The first kappa shape index (κ1) is 38.3. The minimum absolute atomic E-state index is 0.302. The highest BCUT2D eigenvalue weighted by molar-refractivity contribution is 7.85. The summed E-state index contributed by atoms with van der Waals surface area (Å²) >= 11 is 0. The highest BCUT2D eigenvalue weighted by Crippen LogP contribution is 2.15. The minimum atomic E-state index is -4.39. The van der Waals surface area contributed by atoms with Gasteiger partial charge in [-0.2, -0.15) is 8.42 Å². The van der Waals surface area contributed by atoms with Crippen LogP contribution in [0.3, 0.4) is 0 Å². The third-order valence-corrected chi connectivity index (χ3v) is 8.45. The summed E-state index contributed by atoms with van der Waals surface area (Å²) in [7, 11) is -4.39. The molecule has 0 aliphatic heterocycles. The maximum Gasteiger partial charge on any atom is 0.266 e. The molecule has 0 rings (SSSR count). The highest BCUT2D eigenvalue weighted by Gasteiger charge is 2.28. The van der Waals surface area contributed by atoms with Gasteiger partial charge in [-0.05, 0) is 12.8 Å². The molecule has 3 atom stereocenters. The number of aliphatic hydroxyl groups is 2. The van der Waals surface area contributed by atoms with Gasteiger partial charge in [-0.25, -0.2) is 0 Å². The zero-order valence-corrected chi connectivity index (χ0v) is 26.2. The minimum Gasteiger partial charge on any atom is -0.391 e. The SMILES string of the molecule is CCCCCCCCCCCCCC(O)C(=O)NC(CS(=O)(=O)O)C(O)CCCCCCCCCCCCC. The number of hydrogen-bond acceptors (Lipinski definition) is 5. The van der Waals surface area contributed by atoms with E-state index >= 15 is 0 Å². The van der Waals surface area contributed by atoms with Crippen LogP contribution in [0.2, 0.25) is 0 Å². The summed E-state index contributed by atoms with van der Waals surface area (Å²) in [5.41, 5.74) is 0. The predicted molar refractivity (Wildman–Crippen MR) is 163 cm³/mol. The lowest BCUT2D eigenvalue weighted by atomic mass is 10.0. The summed E-state index contributed by atoms with van der Waals surface area (Å²) in [5, 5.41) is 23.3. The van der Waals surface area contributed by atoms with Gasteiger partial charge >= 0.3 is 0 Å². The molecule has 4 N–H and O–H groups in total. The second-order valence-electron chi connectivity index (χ2n) is 11.6. The lowest BCUT2D eigenvalue weighted by Crippen LogP contribution is -2.50. The molecule has 0 radical (unpaired) electrons. The summed E-state index contributed by atoms with van der Waals surface area (Å²) in [6.45, 7) is 4.45. The predicted octanol–water partition coefficient (Wildman–Crippen LogP) is 7.48. The Morgan fingerprint density at radius 3 is 1.28 bits per heavy atom. The summed E-state index contributed by atoms with van der Waals surface area (Å²) in [6.07, 6.45) is 24.1. The van der Waals surface area contributed by atoms with E-state index in [1.54, 1.807) is 0 Å². The lowest BCUT2D eigenvalue weighted by Gasteiger charge is -2.24. The number of hydrogen-bond donors (Lipinski definition) is 4. The number of amides is 1. The van der Waals surface area contributed by atoms with Crippen molar-refractivity contribution in [2.45, 2.75) is 186 Å². The Kier molecular flexibility index (Phi) is 25.7. The lowest BCUT2D eigenvalue weighted by molar-refractivity contribution is -0.131. The standard InChI is InChI=1S/C31H63NO6S/c1-3-5-7-9-11-13-15-17-19-21-23-25-29(33)28(27-39(36,37)38)32-31(35)30(34)26-24-22-20-18-16-14-12-10-8-6-4-2/h28-30,33-34H,3-27H2,1-2H3,(H,32,35)(H,36,37,38). The van der Waals surface area contributed by atoms with Crippen molar-refractivity contribution in [2.75, 3.05) is 5.75 Å². The van der Waals surface area contributed by atoms with Crippen LogP contribution in [0, 0.1) is 0 Å². The molecule has 234 valence electrons. The number of aliphatic hydroxyl groups excluding tert-OH is 2. The van der Waals surface area contributed by atoms with Crippen molar-refractivity contribution in [3.63, 3.8) is 0 Å². The van der Waals surface area contributed by atoms with Crippen molar-refractivity contribution in [2.24, 2.45) is 0 Å². The Labute approximate surface area is 241 Å². The Hall–Kier alpha value is -0.700. The van der Waals surface area contributed by atoms with Gasteiger partial charge in [0.2, 0.25) is 5.91 Å². The van der Waals surface area contributed by atoms with Crippen molar-refractivity contribution in [1.82, 2.24) is 5.32 Å². The number of carbonyl (C=O) groups is 1. The second kappa shape index (κ2) is 26.2. The summed E-state index contributed by atoms with van der Waals surface area (Å²) in [4.78, 5) is 12.5. The largest absolute Gasteiger partial charge is 0.391 e. The summed E-state index contributed by atoms with van der Waals surface area (Å²) in [6, 6.07) is -1.14. The van der Waals surface area contributed by atoms with Crippen LogP contribution >= 0.6 is 0 Å². The third kappa shape index (κ3) is 26.0. The molecule has 0 saturated heterocycles. The van der Waals surface area contributed by atoms with Crippen molar-refractivity contribution in [3.8, 4) is 0 Å². The fourth-order valence-corrected chi connectivity index (χ4v) is 5.87. The molecule has 0 aromatic heterocycles. The molecule has 1 amide bonds. The number of rotatable bonds is 29. The van der Waals surface area contributed by atoms with E-state index in [9.17, 15) is 28.0 Å². The van der Waals surface area contributed by atoms with Gasteiger partial charge in [0.05, 0.1) is 17.9 Å². The molecular formula is C31H63NO6S. The van der Waals surface area contributed by atoms with Gasteiger partial charge in [0.1, 0.15) is 6.10 Å². The Balaban J connectivity index is 4.13. The van der Waals surface area contributed by atoms with E-state index in [1.807, 2.05) is 0 Å². The van der Waals surface area contributed by atoms with E-state index < -0.39 is 40.0 Å². The fraction of sp³-hybridized carbons (Fsp3) is 0.968. The summed E-state index contributed by atoms with van der Waals surface area (Å²) < 4.78 is 32.3. The molecule has 0 fully saturated rings. The first-order valence-electron chi connectivity index (χ1n) is 16.3. The molecule has 0 aromatic carbocycles. The van der Waals surface area contributed by atoms with Crippen LogP contribution in [-0.4, -0.2) is 53.1 Å². The number of nitrogens with one attached hydrogen (secondary N) is 1. The van der Waals surface area contributed by atoms with Crippen LogP contribution in [-0.2, 0) is 14.9 Å². The zero-order valence-electron chi connectivity index (χ0n) is 25.4. The molecule has 39 heavy (non-hydrogen) atoms. The smallest absolute Gasteiger partial charge is 0.266 e. The molecular weight excluding hydrogens is 514 g/mol. The monoisotopic (exact) mass is 577 g/mol. The Morgan fingerprint density at radius 1 is 0.590 bits per heavy atom. The zero-order chi connectivity index (χ0) is 29.2. The van der Waals surface area contributed by atoms with Gasteiger partial charge in [-0.3, -0.25) is 9.35 Å². The van der Waals surface area contributed by atoms with Crippen LogP contribution < -0.4 is 5.32 Å². The topological polar surface area (TPSA) is 124 Å². The van der Waals surface area contributed by atoms with E-state index in [4.69, 9.17) is 0 Å². The van der Waals surface area contributed by atoms with Crippen LogP contribution in [0.25, 0.3) is 0 Å². The van der Waals surface area contributed by atoms with Crippen LogP contribution in [0.1, 0.15) is 168 Å². The van der Waals surface area contributed by atoms with E-state index in [1.165, 1.54) is 89.9 Å². The van der Waals surface area contributed by atoms with Gasteiger partial charge in [-0.15, -0.1) is 0 Å². The van der Waals surface area contributed by atoms with E-state index in [2.05, 4.69) is 19.2 Å². The molecule has 0 aliphatic rings. The van der Waals surface area contributed by atoms with Gasteiger partial charge in [-0.1, -0.05) is 155 Å². The summed E-state index contributed by atoms with van der Waals surface area (Å²) in [5.74, 6) is -1.45. The molecule has 8 heteroatoms. The molecule has 0 saturated carbocycles.